The fourth-order valence-electron chi connectivity index (χ4n) is 1.74. The molecule has 126 valence electrons. The highest BCUT2D eigenvalue weighted by atomic mass is 32.2. The van der Waals surface area contributed by atoms with Gasteiger partial charge in [-0.25, -0.2) is 18.1 Å². The quantitative estimate of drug-likeness (QED) is 0.655. The van der Waals surface area contributed by atoms with Gasteiger partial charge in [-0.1, -0.05) is 13.8 Å². The minimum Gasteiger partial charge on any atom is -0.466 e. The molecule has 0 aliphatic rings. The molecule has 1 N–H and O–H groups in total. The molecule has 1 aromatic rings. The van der Waals surface area contributed by atoms with Gasteiger partial charge in [-0.05, 0) is 6.92 Å². The van der Waals surface area contributed by atoms with Crippen molar-refractivity contribution in [1.29, 1.82) is 0 Å². The lowest BCUT2D eigenvalue weighted by Gasteiger charge is -2.06. The number of carbonyl (C=O) groups is 1. The molecule has 8 nitrogen and oxygen atoms in total. The molecule has 22 heavy (non-hydrogen) atoms. The second-order valence-electron chi connectivity index (χ2n) is 5.18. The summed E-state index contributed by atoms with van der Waals surface area (Å²) in [6.45, 7) is 6.14. The van der Waals surface area contributed by atoms with Crippen molar-refractivity contribution in [2.24, 2.45) is 7.05 Å². The molecule has 0 unspecified atom stereocenters. The first-order chi connectivity index (χ1) is 10.2. The van der Waals surface area contributed by atoms with E-state index in [2.05, 4.69) is 14.8 Å². The van der Waals surface area contributed by atoms with E-state index >= 15 is 0 Å². The summed E-state index contributed by atoms with van der Waals surface area (Å²) in [7, 11) is -1.71. The summed E-state index contributed by atoms with van der Waals surface area (Å²) >= 11 is 0. The summed E-state index contributed by atoms with van der Waals surface area (Å²) in [4.78, 5) is 15.5. The van der Waals surface area contributed by atoms with Crippen LogP contribution in [0.15, 0.2) is 0 Å². The Kier molecular flexibility index (Phi) is 6.95. The molecule has 0 radical (unpaired) electrons. The monoisotopic (exact) mass is 332 g/mol. The van der Waals surface area contributed by atoms with Crippen LogP contribution in [0.3, 0.4) is 0 Å². The number of rotatable bonds is 9. The second kappa shape index (κ2) is 8.23. The number of aromatic nitrogens is 3. The zero-order chi connectivity index (χ0) is 16.8. The van der Waals surface area contributed by atoms with Gasteiger partial charge in [0.25, 0.3) is 0 Å². The molecule has 1 aromatic heterocycles. The minimum absolute atomic E-state index is 0.148. The van der Waals surface area contributed by atoms with Gasteiger partial charge in [0.2, 0.25) is 10.0 Å². The van der Waals surface area contributed by atoms with Crippen LogP contribution in [0.25, 0.3) is 0 Å². The lowest BCUT2D eigenvalue weighted by Crippen LogP contribution is -2.30. The normalized spacial score (nSPS) is 11.9. The van der Waals surface area contributed by atoms with Gasteiger partial charge in [0.05, 0.1) is 18.8 Å². The predicted molar refractivity (Wildman–Crippen MR) is 81.8 cm³/mol. The fraction of sp³-hybridized carbons (Fsp3) is 0.769. The highest BCUT2D eigenvalue weighted by Crippen LogP contribution is 2.09. The van der Waals surface area contributed by atoms with E-state index in [1.54, 1.807) is 18.7 Å². The molecule has 0 saturated carbocycles. The molecule has 0 amide bonds. The van der Waals surface area contributed by atoms with Crippen molar-refractivity contribution in [1.82, 2.24) is 19.5 Å². The van der Waals surface area contributed by atoms with Crippen LogP contribution in [-0.2, 0) is 33.0 Å². The Morgan fingerprint density at radius 2 is 2.09 bits per heavy atom. The molecule has 0 fully saturated rings. The highest BCUT2D eigenvalue weighted by molar-refractivity contribution is 7.89. The van der Waals surface area contributed by atoms with Crippen molar-refractivity contribution < 1.29 is 17.9 Å². The third-order valence-corrected chi connectivity index (χ3v) is 4.32. The molecular weight excluding hydrogens is 308 g/mol. The number of hydrogen-bond acceptors (Lipinski definition) is 6. The van der Waals surface area contributed by atoms with Crippen LogP contribution in [0.2, 0.25) is 0 Å². The zero-order valence-corrected chi connectivity index (χ0v) is 14.3. The summed E-state index contributed by atoms with van der Waals surface area (Å²) < 4.78 is 32.3. The number of hydrogen-bond donors (Lipinski definition) is 1. The van der Waals surface area contributed by atoms with Crippen LogP contribution < -0.4 is 4.72 Å². The lowest BCUT2D eigenvalue weighted by atomic mass is 10.2. The maximum atomic E-state index is 11.8. The largest absolute Gasteiger partial charge is 0.466 e. The third kappa shape index (κ3) is 6.10. The van der Waals surface area contributed by atoms with Gasteiger partial charge in [0, 0.05) is 25.9 Å². The van der Waals surface area contributed by atoms with E-state index in [4.69, 9.17) is 4.74 Å². The third-order valence-electron chi connectivity index (χ3n) is 2.94. The fourth-order valence-corrected chi connectivity index (χ4v) is 2.73. The Balaban J connectivity index is 2.44. The molecular formula is C13H24N4O4S. The van der Waals surface area contributed by atoms with E-state index in [1.807, 2.05) is 13.8 Å². The van der Waals surface area contributed by atoms with Gasteiger partial charge in [-0.2, -0.15) is 5.10 Å². The molecule has 0 saturated heterocycles. The van der Waals surface area contributed by atoms with E-state index in [0.29, 0.717) is 6.42 Å². The average Bonchev–Trinajstić information content (AvgIpc) is 2.79. The number of nitrogens with one attached hydrogen (secondary N) is 1. The SMILES string of the molecule is CCOC(=O)CCS(=O)(=O)NCCc1nc(C(C)C)nn1C. The first-order valence-corrected chi connectivity index (χ1v) is 8.93. The van der Waals surface area contributed by atoms with Crippen molar-refractivity contribution in [2.75, 3.05) is 18.9 Å². The first-order valence-electron chi connectivity index (χ1n) is 7.28. The zero-order valence-electron chi connectivity index (χ0n) is 13.5. The number of sulfonamides is 1. The van der Waals surface area contributed by atoms with Gasteiger partial charge >= 0.3 is 5.97 Å². The summed E-state index contributed by atoms with van der Waals surface area (Å²) in [5.74, 6) is 0.894. The van der Waals surface area contributed by atoms with Gasteiger partial charge in [0.15, 0.2) is 5.82 Å². The van der Waals surface area contributed by atoms with Crippen molar-refractivity contribution in [2.45, 2.75) is 39.5 Å². The van der Waals surface area contributed by atoms with Crippen LogP contribution >= 0.6 is 0 Å². The topological polar surface area (TPSA) is 103 Å². The Morgan fingerprint density at radius 3 is 2.64 bits per heavy atom. The molecule has 0 atom stereocenters. The Labute approximate surface area is 131 Å². The van der Waals surface area contributed by atoms with Crippen molar-refractivity contribution in [3.63, 3.8) is 0 Å². The highest BCUT2D eigenvalue weighted by Gasteiger charge is 2.15. The Bertz CT molecular complexity index is 595. The van der Waals surface area contributed by atoms with E-state index < -0.39 is 16.0 Å². The maximum absolute atomic E-state index is 11.8. The molecule has 0 bridgehead atoms. The molecule has 0 spiro atoms. The smallest absolute Gasteiger partial charge is 0.306 e. The summed E-state index contributed by atoms with van der Waals surface area (Å²) in [6, 6.07) is 0. The average molecular weight is 332 g/mol. The van der Waals surface area contributed by atoms with Gasteiger partial charge in [-0.3, -0.25) is 9.48 Å². The summed E-state index contributed by atoms with van der Waals surface area (Å²) in [6.07, 6.45) is 0.291. The molecule has 0 aliphatic heterocycles. The minimum atomic E-state index is -3.50. The number of esters is 1. The van der Waals surface area contributed by atoms with Crippen LogP contribution in [0.1, 0.15) is 44.8 Å². The molecule has 1 rings (SSSR count). The van der Waals surface area contributed by atoms with E-state index in [1.165, 1.54) is 0 Å². The summed E-state index contributed by atoms with van der Waals surface area (Å²) in [5, 5.41) is 4.27. The molecule has 0 aliphatic carbocycles. The number of aryl methyl sites for hydroxylation is 1. The number of nitrogens with zero attached hydrogens (tertiary/aromatic N) is 3. The number of carbonyl (C=O) groups excluding carboxylic acids is 1. The molecule has 9 heteroatoms. The van der Waals surface area contributed by atoms with Crippen LogP contribution in [0.5, 0.6) is 0 Å². The van der Waals surface area contributed by atoms with E-state index in [-0.39, 0.29) is 31.2 Å². The van der Waals surface area contributed by atoms with E-state index in [0.717, 1.165) is 11.6 Å². The maximum Gasteiger partial charge on any atom is 0.306 e. The van der Waals surface area contributed by atoms with Crippen LogP contribution in [-0.4, -0.2) is 48.1 Å². The Hall–Kier alpha value is -1.48. The second-order valence-corrected chi connectivity index (χ2v) is 7.11. The van der Waals surface area contributed by atoms with Gasteiger partial charge < -0.3 is 4.74 Å². The Morgan fingerprint density at radius 1 is 1.41 bits per heavy atom. The van der Waals surface area contributed by atoms with Crippen molar-refractivity contribution in [3.05, 3.63) is 11.6 Å². The molecule has 0 aromatic carbocycles. The van der Waals surface area contributed by atoms with Gasteiger partial charge in [-0.15, -0.1) is 0 Å². The van der Waals surface area contributed by atoms with Crippen molar-refractivity contribution >= 4 is 16.0 Å². The predicted octanol–water partition coefficient (Wildman–Crippen LogP) is 0.354. The number of ether oxygens (including phenoxy) is 1. The van der Waals surface area contributed by atoms with Crippen LogP contribution in [0, 0.1) is 0 Å². The molecule has 1 heterocycles. The summed E-state index contributed by atoms with van der Waals surface area (Å²) in [5.41, 5.74) is 0. The van der Waals surface area contributed by atoms with Crippen molar-refractivity contribution in [3.8, 4) is 0 Å². The first kappa shape index (κ1) is 18.6. The van der Waals surface area contributed by atoms with E-state index in [9.17, 15) is 13.2 Å². The van der Waals surface area contributed by atoms with Crippen LogP contribution in [0.4, 0.5) is 0 Å². The standard InChI is InChI=1S/C13H24N4O4S/c1-5-21-12(18)7-9-22(19,20)14-8-6-11-15-13(10(2)3)16-17(11)4/h10,14H,5-9H2,1-4H3. The van der Waals surface area contributed by atoms with Gasteiger partial charge in [0.1, 0.15) is 5.82 Å². The lowest BCUT2D eigenvalue weighted by molar-refractivity contribution is -0.142.